The first-order chi connectivity index (χ1) is 7.84. The smallest absolute Gasteiger partial charge is 0.0606 e. The molecule has 1 aliphatic rings. The molecule has 84 valence electrons. The molecule has 1 fully saturated rings. The molecule has 2 rings (SSSR count). The van der Waals surface area contributed by atoms with Crippen molar-refractivity contribution in [3.8, 4) is 11.8 Å². The summed E-state index contributed by atoms with van der Waals surface area (Å²) in [5, 5.41) is 0. The molecule has 1 aromatic heterocycles. The van der Waals surface area contributed by atoms with Gasteiger partial charge in [-0.15, -0.1) is 0 Å². The predicted octanol–water partition coefficient (Wildman–Crippen LogP) is 1.07. The van der Waals surface area contributed by atoms with Crippen LogP contribution in [0.2, 0.25) is 0 Å². The van der Waals surface area contributed by atoms with Crippen LogP contribution >= 0.6 is 0 Å². The number of pyridine rings is 1. The maximum atomic E-state index is 5.28. The molecular weight excluding hydrogens is 200 g/mol. The SMILES string of the molecule is Cc1cncc(C#CCN2CCOCC2)c1. The molecule has 0 unspecified atom stereocenters. The van der Waals surface area contributed by atoms with E-state index in [0.717, 1.165) is 44.0 Å². The Bertz CT molecular complexity index is 400. The zero-order valence-corrected chi connectivity index (χ0v) is 9.57. The van der Waals surface area contributed by atoms with Gasteiger partial charge in [0.1, 0.15) is 0 Å². The van der Waals surface area contributed by atoms with E-state index in [1.165, 1.54) is 0 Å². The molecule has 0 saturated carbocycles. The summed E-state index contributed by atoms with van der Waals surface area (Å²) >= 11 is 0. The van der Waals surface area contributed by atoms with Gasteiger partial charge in [0, 0.05) is 31.0 Å². The van der Waals surface area contributed by atoms with Crippen LogP contribution in [0.25, 0.3) is 0 Å². The normalized spacial score (nSPS) is 16.6. The first kappa shape index (κ1) is 11.1. The second-order valence-corrected chi connectivity index (χ2v) is 3.94. The van der Waals surface area contributed by atoms with Crippen molar-refractivity contribution in [1.29, 1.82) is 0 Å². The molecule has 0 aromatic carbocycles. The van der Waals surface area contributed by atoms with Crippen molar-refractivity contribution in [1.82, 2.24) is 9.88 Å². The predicted molar refractivity (Wildman–Crippen MR) is 63.1 cm³/mol. The van der Waals surface area contributed by atoms with Gasteiger partial charge in [-0.25, -0.2) is 0 Å². The van der Waals surface area contributed by atoms with Gasteiger partial charge < -0.3 is 4.74 Å². The minimum Gasteiger partial charge on any atom is -0.379 e. The number of aromatic nitrogens is 1. The molecule has 0 spiro atoms. The van der Waals surface area contributed by atoms with Crippen molar-refractivity contribution in [2.75, 3.05) is 32.8 Å². The summed E-state index contributed by atoms with van der Waals surface area (Å²) in [6, 6.07) is 2.05. The van der Waals surface area contributed by atoms with E-state index in [9.17, 15) is 0 Å². The van der Waals surface area contributed by atoms with Crippen molar-refractivity contribution >= 4 is 0 Å². The quantitative estimate of drug-likeness (QED) is 0.657. The third kappa shape index (κ3) is 3.34. The molecule has 1 aromatic rings. The zero-order chi connectivity index (χ0) is 11.2. The summed E-state index contributed by atoms with van der Waals surface area (Å²) < 4.78 is 5.28. The van der Waals surface area contributed by atoms with E-state index < -0.39 is 0 Å². The van der Waals surface area contributed by atoms with Crippen LogP contribution in [0.1, 0.15) is 11.1 Å². The Labute approximate surface area is 96.4 Å². The monoisotopic (exact) mass is 216 g/mol. The highest BCUT2D eigenvalue weighted by Gasteiger charge is 2.07. The Morgan fingerprint density at radius 2 is 2.19 bits per heavy atom. The van der Waals surface area contributed by atoms with Gasteiger partial charge in [0.2, 0.25) is 0 Å². The summed E-state index contributed by atoms with van der Waals surface area (Å²) in [4.78, 5) is 6.42. The maximum absolute atomic E-state index is 5.28. The minimum atomic E-state index is 0.817. The Hall–Kier alpha value is -1.37. The van der Waals surface area contributed by atoms with Crippen LogP contribution in [0.4, 0.5) is 0 Å². The molecule has 3 nitrogen and oxygen atoms in total. The van der Waals surface area contributed by atoms with Gasteiger partial charge >= 0.3 is 0 Å². The fraction of sp³-hybridized carbons (Fsp3) is 0.462. The summed E-state index contributed by atoms with van der Waals surface area (Å²) in [5.74, 6) is 6.32. The zero-order valence-electron chi connectivity index (χ0n) is 9.57. The van der Waals surface area contributed by atoms with Crippen LogP contribution in [-0.4, -0.2) is 42.7 Å². The Morgan fingerprint density at radius 3 is 2.94 bits per heavy atom. The number of hydrogen-bond acceptors (Lipinski definition) is 3. The first-order valence-electron chi connectivity index (χ1n) is 5.55. The number of rotatable bonds is 1. The second kappa shape index (κ2) is 5.64. The molecule has 0 atom stereocenters. The lowest BCUT2D eigenvalue weighted by atomic mass is 10.2. The third-order valence-electron chi connectivity index (χ3n) is 2.51. The highest BCUT2D eigenvalue weighted by Crippen LogP contribution is 1.99. The van der Waals surface area contributed by atoms with E-state index >= 15 is 0 Å². The maximum Gasteiger partial charge on any atom is 0.0606 e. The highest BCUT2D eigenvalue weighted by atomic mass is 16.5. The fourth-order valence-corrected chi connectivity index (χ4v) is 1.64. The number of ether oxygens (including phenoxy) is 1. The van der Waals surface area contributed by atoms with E-state index in [0.29, 0.717) is 0 Å². The van der Waals surface area contributed by atoms with E-state index in [1.54, 1.807) is 6.20 Å². The molecule has 0 radical (unpaired) electrons. The topological polar surface area (TPSA) is 25.4 Å². The molecular formula is C13H16N2O. The van der Waals surface area contributed by atoms with Gasteiger partial charge in [-0.1, -0.05) is 11.8 Å². The Morgan fingerprint density at radius 1 is 1.38 bits per heavy atom. The van der Waals surface area contributed by atoms with E-state index in [1.807, 2.05) is 13.1 Å². The van der Waals surface area contributed by atoms with Crippen molar-refractivity contribution in [2.24, 2.45) is 0 Å². The van der Waals surface area contributed by atoms with Gasteiger partial charge in [-0.3, -0.25) is 9.88 Å². The van der Waals surface area contributed by atoms with Crippen molar-refractivity contribution < 1.29 is 4.74 Å². The molecule has 0 N–H and O–H groups in total. The van der Waals surface area contributed by atoms with Gasteiger partial charge in [0.25, 0.3) is 0 Å². The third-order valence-corrected chi connectivity index (χ3v) is 2.51. The molecule has 0 bridgehead atoms. The lowest BCUT2D eigenvalue weighted by Gasteiger charge is -2.24. The van der Waals surface area contributed by atoms with E-state index in [-0.39, 0.29) is 0 Å². The number of nitrogens with zero attached hydrogens (tertiary/aromatic N) is 2. The Kier molecular flexibility index (Phi) is 3.92. The second-order valence-electron chi connectivity index (χ2n) is 3.94. The summed E-state index contributed by atoms with van der Waals surface area (Å²) in [7, 11) is 0. The Balaban J connectivity index is 1.89. The van der Waals surface area contributed by atoms with Crippen LogP contribution in [0.15, 0.2) is 18.5 Å². The van der Waals surface area contributed by atoms with Gasteiger partial charge in [0.15, 0.2) is 0 Å². The van der Waals surface area contributed by atoms with E-state index in [4.69, 9.17) is 4.74 Å². The van der Waals surface area contributed by atoms with Gasteiger partial charge in [-0.05, 0) is 18.6 Å². The van der Waals surface area contributed by atoms with Crippen molar-refractivity contribution in [2.45, 2.75) is 6.92 Å². The van der Waals surface area contributed by atoms with Crippen molar-refractivity contribution in [3.05, 3.63) is 29.6 Å². The van der Waals surface area contributed by atoms with Crippen LogP contribution in [-0.2, 0) is 4.74 Å². The molecule has 1 saturated heterocycles. The average Bonchev–Trinajstić information content (AvgIpc) is 2.30. The lowest BCUT2D eigenvalue weighted by molar-refractivity contribution is 0.0443. The fourth-order valence-electron chi connectivity index (χ4n) is 1.64. The molecule has 0 amide bonds. The van der Waals surface area contributed by atoms with Gasteiger partial charge in [0.05, 0.1) is 19.8 Å². The van der Waals surface area contributed by atoms with Crippen LogP contribution in [0, 0.1) is 18.8 Å². The molecule has 0 aliphatic carbocycles. The summed E-state index contributed by atoms with van der Waals surface area (Å²) in [6.45, 7) is 6.47. The number of morpholine rings is 1. The molecule has 2 heterocycles. The molecule has 1 aliphatic heterocycles. The minimum absolute atomic E-state index is 0.817. The standard InChI is InChI=1S/C13H16N2O/c1-12-9-13(11-14-10-12)3-2-4-15-5-7-16-8-6-15/h9-11H,4-8H2,1H3. The average molecular weight is 216 g/mol. The highest BCUT2D eigenvalue weighted by molar-refractivity contribution is 5.34. The molecule has 3 heteroatoms. The largest absolute Gasteiger partial charge is 0.379 e. The van der Waals surface area contributed by atoms with Crippen LogP contribution in [0.3, 0.4) is 0 Å². The first-order valence-corrected chi connectivity index (χ1v) is 5.55. The van der Waals surface area contributed by atoms with E-state index in [2.05, 4.69) is 27.8 Å². The molecule has 16 heavy (non-hydrogen) atoms. The van der Waals surface area contributed by atoms with Gasteiger partial charge in [-0.2, -0.15) is 0 Å². The van der Waals surface area contributed by atoms with Crippen LogP contribution in [0.5, 0.6) is 0 Å². The summed E-state index contributed by atoms with van der Waals surface area (Å²) in [5.41, 5.74) is 2.14. The summed E-state index contributed by atoms with van der Waals surface area (Å²) in [6.07, 6.45) is 3.65. The van der Waals surface area contributed by atoms with Crippen LogP contribution < -0.4 is 0 Å². The lowest BCUT2D eigenvalue weighted by Crippen LogP contribution is -2.36. The number of aryl methyl sites for hydroxylation is 1. The van der Waals surface area contributed by atoms with Crippen molar-refractivity contribution in [3.63, 3.8) is 0 Å². The number of hydrogen-bond donors (Lipinski definition) is 0.